The Morgan fingerprint density at radius 1 is 1.32 bits per heavy atom. The summed E-state index contributed by atoms with van der Waals surface area (Å²) in [6, 6.07) is 4.62. The van der Waals surface area contributed by atoms with Gasteiger partial charge in [0, 0.05) is 38.2 Å². The van der Waals surface area contributed by atoms with Gasteiger partial charge in [0.15, 0.2) is 6.61 Å². The van der Waals surface area contributed by atoms with Crippen molar-refractivity contribution >= 4 is 39.3 Å². The quantitative estimate of drug-likeness (QED) is 0.775. The number of piperidine rings is 1. The fraction of sp³-hybridized carbons (Fsp3) is 0.533. The van der Waals surface area contributed by atoms with Gasteiger partial charge in [-0.1, -0.05) is 23.2 Å². The molecule has 1 N–H and O–H groups in total. The summed E-state index contributed by atoms with van der Waals surface area (Å²) < 4.78 is 32.8. The maximum Gasteiger partial charge on any atom is 0.279 e. The Kier molecular flexibility index (Phi) is 6.93. The van der Waals surface area contributed by atoms with Gasteiger partial charge >= 0.3 is 0 Å². The highest BCUT2D eigenvalue weighted by molar-refractivity contribution is 7.87. The summed E-state index contributed by atoms with van der Waals surface area (Å²) in [5.41, 5.74) is 0. The summed E-state index contributed by atoms with van der Waals surface area (Å²) in [5, 5.41) is 0.836. The van der Waals surface area contributed by atoms with Gasteiger partial charge in [0.25, 0.3) is 16.1 Å². The first-order valence-corrected chi connectivity index (χ1v) is 9.94. The smallest absolute Gasteiger partial charge is 0.279 e. The zero-order valence-electron chi connectivity index (χ0n) is 14.0. The third-order valence-corrected chi connectivity index (χ3v) is 6.01. The van der Waals surface area contributed by atoms with Crippen molar-refractivity contribution in [2.75, 3.05) is 33.8 Å². The van der Waals surface area contributed by atoms with E-state index in [0.717, 1.165) is 4.31 Å². The van der Waals surface area contributed by atoms with E-state index in [9.17, 15) is 13.2 Å². The van der Waals surface area contributed by atoms with Crippen LogP contribution in [-0.4, -0.2) is 63.4 Å². The van der Waals surface area contributed by atoms with Gasteiger partial charge in [0.05, 0.1) is 5.02 Å². The number of hydrogen-bond acceptors (Lipinski definition) is 4. The van der Waals surface area contributed by atoms with Crippen LogP contribution in [-0.2, 0) is 15.0 Å². The van der Waals surface area contributed by atoms with Gasteiger partial charge in [-0.25, -0.2) is 0 Å². The van der Waals surface area contributed by atoms with Crippen molar-refractivity contribution in [1.29, 1.82) is 0 Å². The summed E-state index contributed by atoms with van der Waals surface area (Å²) in [6.45, 7) is 0.809. The van der Waals surface area contributed by atoms with E-state index in [1.807, 2.05) is 0 Å². The Morgan fingerprint density at radius 3 is 2.52 bits per heavy atom. The first-order valence-electron chi connectivity index (χ1n) is 7.74. The first-order chi connectivity index (χ1) is 11.7. The van der Waals surface area contributed by atoms with Gasteiger partial charge in [-0.2, -0.15) is 17.4 Å². The predicted molar refractivity (Wildman–Crippen MR) is 97.3 cm³/mol. The number of ether oxygens (including phenoxy) is 1. The average molecular weight is 410 g/mol. The second-order valence-electron chi connectivity index (χ2n) is 5.92. The molecule has 1 aliphatic rings. The molecule has 25 heavy (non-hydrogen) atoms. The number of hydrogen-bond donors (Lipinski definition) is 1. The van der Waals surface area contributed by atoms with Crippen LogP contribution in [0.15, 0.2) is 18.2 Å². The van der Waals surface area contributed by atoms with Crippen molar-refractivity contribution in [3.05, 3.63) is 28.2 Å². The van der Waals surface area contributed by atoms with Crippen LogP contribution in [0, 0.1) is 0 Å². The number of carbonyl (C=O) groups excluding carboxylic acids is 1. The molecule has 1 heterocycles. The van der Waals surface area contributed by atoms with E-state index in [2.05, 4.69) is 4.72 Å². The van der Waals surface area contributed by atoms with E-state index in [1.54, 1.807) is 23.1 Å². The Labute approximate surface area is 158 Å². The number of benzene rings is 1. The van der Waals surface area contributed by atoms with E-state index >= 15 is 0 Å². The van der Waals surface area contributed by atoms with Crippen molar-refractivity contribution in [3.63, 3.8) is 0 Å². The zero-order chi connectivity index (χ0) is 18.6. The maximum absolute atomic E-state index is 12.2. The van der Waals surface area contributed by atoms with Gasteiger partial charge in [0.2, 0.25) is 0 Å². The molecule has 0 atom stereocenters. The SMILES string of the molecule is CN(C)S(=O)(=O)NC1CCN(C(=O)COc2ccc(Cl)cc2Cl)CC1. The minimum Gasteiger partial charge on any atom is -0.482 e. The number of carbonyl (C=O) groups is 1. The highest BCUT2D eigenvalue weighted by atomic mass is 35.5. The minimum absolute atomic E-state index is 0.130. The lowest BCUT2D eigenvalue weighted by atomic mass is 10.1. The number of nitrogens with zero attached hydrogens (tertiary/aromatic N) is 2. The maximum atomic E-state index is 12.2. The molecule has 1 aliphatic heterocycles. The van der Waals surface area contributed by atoms with Crippen LogP contribution < -0.4 is 9.46 Å². The summed E-state index contributed by atoms with van der Waals surface area (Å²) >= 11 is 11.8. The van der Waals surface area contributed by atoms with Crippen LogP contribution >= 0.6 is 23.2 Å². The average Bonchev–Trinajstić information content (AvgIpc) is 2.54. The third-order valence-electron chi connectivity index (χ3n) is 3.89. The van der Waals surface area contributed by atoms with E-state index in [-0.39, 0.29) is 18.6 Å². The third kappa shape index (κ3) is 5.72. The van der Waals surface area contributed by atoms with Crippen LogP contribution in [0.1, 0.15) is 12.8 Å². The molecule has 0 aliphatic carbocycles. The van der Waals surface area contributed by atoms with Crippen molar-refractivity contribution in [3.8, 4) is 5.75 Å². The summed E-state index contributed by atoms with van der Waals surface area (Å²) in [6.07, 6.45) is 1.11. The Morgan fingerprint density at radius 2 is 1.96 bits per heavy atom. The van der Waals surface area contributed by atoms with Gasteiger partial charge in [-0.3, -0.25) is 4.79 Å². The number of amides is 1. The lowest BCUT2D eigenvalue weighted by Gasteiger charge is -2.32. The molecular weight excluding hydrogens is 389 g/mol. The highest BCUT2D eigenvalue weighted by Crippen LogP contribution is 2.27. The lowest BCUT2D eigenvalue weighted by molar-refractivity contribution is -0.134. The molecular formula is C15H21Cl2N3O4S. The number of rotatable bonds is 6. The second-order valence-corrected chi connectivity index (χ2v) is 8.68. The van der Waals surface area contributed by atoms with Crippen LogP contribution in [0.5, 0.6) is 5.75 Å². The molecule has 2 rings (SSSR count). The Bertz CT molecular complexity index is 719. The van der Waals surface area contributed by atoms with E-state index in [4.69, 9.17) is 27.9 Å². The molecule has 0 unspecified atom stereocenters. The fourth-order valence-corrected chi connectivity index (χ4v) is 3.72. The van der Waals surface area contributed by atoms with Crippen molar-refractivity contribution in [2.24, 2.45) is 0 Å². The Hall–Kier alpha value is -1.06. The summed E-state index contributed by atoms with van der Waals surface area (Å²) in [5.74, 6) is 0.230. The van der Waals surface area contributed by atoms with E-state index in [0.29, 0.717) is 41.7 Å². The van der Waals surface area contributed by atoms with Gasteiger partial charge in [0.1, 0.15) is 5.75 Å². The molecule has 1 aromatic carbocycles. The molecule has 0 aromatic heterocycles. The summed E-state index contributed by atoms with van der Waals surface area (Å²) in [7, 11) is -0.515. The second kappa shape index (κ2) is 8.55. The topological polar surface area (TPSA) is 79.0 Å². The monoisotopic (exact) mass is 409 g/mol. The molecule has 1 aromatic rings. The predicted octanol–water partition coefficient (Wildman–Crippen LogP) is 1.76. The molecule has 1 amide bonds. The first kappa shape index (κ1) is 20.3. The van der Waals surface area contributed by atoms with Crippen molar-refractivity contribution in [2.45, 2.75) is 18.9 Å². The number of nitrogens with one attached hydrogen (secondary N) is 1. The highest BCUT2D eigenvalue weighted by Gasteiger charge is 2.26. The van der Waals surface area contributed by atoms with E-state index in [1.165, 1.54) is 14.1 Å². The van der Waals surface area contributed by atoms with Gasteiger partial charge in [-0.15, -0.1) is 0 Å². The molecule has 7 nitrogen and oxygen atoms in total. The van der Waals surface area contributed by atoms with E-state index < -0.39 is 10.2 Å². The zero-order valence-corrected chi connectivity index (χ0v) is 16.4. The lowest BCUT2D eigenvalue weighted by Crippen LogP contribution is -2.49. The molecule has 0 saturated carbocycles. The van der Waals surface area contributed by atoms with Crippen LogP contribution in [0.4, 0.5) is 0 Å². The molecule has 1 fully saturated rings. The van der Waals surface area contributed by atoms with Crippen molar-refractivity contribution < 1.29 is 17.9 Å². The largest absolute Gasteiger partial charge is 0.482 e. The van der Waals surface area contributed by atoms with Crippen LogP contribution in [0.3, 0.4) is 0 Å². The van der Waals surface area contributed by atoms with Crippen molar-refractivity contribution in [1.82, 2.24) is 13.9 Å². The van der Waals surface area contributed by atoms with Crippen LogP contribution in [0.2, 0.25) is 10.0 Å². The molecule has 0 spiro atoms. The number of likely N-dealkylation sites (tertiary alicyclic amines) is 1. The van der Waals surface area contributed by atoms with Gasteiger partial charge in [-0.05, 0) is 31.0 Å². The molecule has 1 saturated heterocycles. The molecule has 10 heteroatoms. The molecule has 0 radical (unpaired) electrons. The van der Waals surface area contributed by atoms with Crippen LogP contribution in [0.25, 0.3) is 0 Å². The standard InChI is InChI=1S/C15H21Cl2N3O4S/c1-19(2)25(22,23)18-12-5-7-20(8-6-12)15(21)10-24-14-4-3-11(16)9-13(14)17/h3-4,9,12,18H,5-8,10H2,1-2H3. The van der Waals surface area contributed by atoms with Gasteiger partial charge < -0.3 is 9.64 Å². The Balaban J connectivity index is 1.81. The number of halogens is 2. The molecule has 0 bridgehead atoms. The minimum atomic E-state index is -3.46. The summed E-state index contributed by atoms with van der Waals surface area (Å²) in [4.78, 5) is 13.9. The normalized spacial score (nSPS) is 16.3. The fourth-order valence-electron chi connectivity index (χ4n) is 2.39. The molecule has 140 valence electrons.